The number of rotatable bonds is 2. The summed E-state index contributed by atoms with van der Waals surface area (Å²) in [5.74, 6) is -0.0503. The SMILES string of the molecule is O=C1Nc2ccc(F)cc2/C1=C1\OCc2cc(CN3CCCCC3)ccc21. The zero-order chi connectivity index (χ0) is 18.4. The van der Waals surface area contributed by atoms with Crippen molar-refractivity contribution in [2.45, 2.75) is 32.4 Å². The molecule has 4 nitrogen and oxygen atoms in total. The number of benzene rings is 2. The normalized spacial score (nSPS) is 21.6. The van der Waals surface area contributed by atoms with Gasteiger partial charge in [-0.15, -0.1) is 0 Å². The van der Waals surface area contributed by atoms with Crippen LogP contribution in [0.15, 0.2) is 36.4 Å². The molecule has 0 atom stereocenters. The third-order valence-corrected chi connectivity index (χ3v) is 5.59. The maximum absolute atomic E-state index is 13.7. The number of anilines is 1. The number of nitrogens with zero attached hydrogens (tertiary/aromatic N) is 1. The Labute approximate surface area is 157 Å². The molecular weight excluding hydrogens is 343 g/mol. The molecule has 3 heterocycles. The van der Waals surface area contributed by atoms with E-state index in [1.54, 1.807) is 6.07 Å². The van der Waals surface area contributed by atoms with Gasteiger partial charge in [-0.05, 0) is 49.7 Å². The molecule has 138 valence electrons. The minimum absolute atomic E-state index is 0.240. The monoisotopic (exact) mass is 364 g/mol. The van der Waals surface area contributed by atoms with Crippen molar-refractivity contribution in [1.82, 2.24) is 4.90 Å². The van der Waals surface area contributed by atoms with E-state index in [2.05, 4.69) is 22.3 Å². The summed E-state index contributed by atoms with van der Waals surface area (Å²) in [5, 5.41) is 2.80. The highest BCUT2D eigenvalue weighted by molar-refractivity contribution is 6.36. The molecule has 0 spiro atoms. The van der Waals surface area contributed by atoms with Crippen LogP contribution in [0.3, 0.4) is 0 Å². The van der Waals surface area contributed by atoms with Crippen molar-refractivity contribution in [2.24, 2.45) is 0 Å². The average Bonchev–Trinajstić information content (AvgIpc) is 3.21. The second kappa shape index (κ2) is 6.50. The van der Waals surface area contributed by atoms with E-state index in [1.807, 2.05) is 6.07 Å². The molecule has 3 aliphatic heterocycles. The summed E-state index contributed by atoms with van der Waals surface area (Å²) in [7, 11) is 0. The first-order valence-electron chi connectivity index (χ1n) is 9.52. The smallest absolute Gasteiger partial charge is 0.260 e. The lowest BCUT2D eigenvalue weighted by Gasteiger charge is -2.26. The number of fused-ring (bicyclic) bond motifs is 2. The number of halogens is 1. The topological polar surface area (TPSA) is 41.6 Å². The highest BCUT2D eigenvalue weighted by Crippen LogP contribution is 2.42. The summed E-state index contributed by atoms with van der Waals surface area (Å²) in [6, 6.07) is 10.7. The zero-order valence-corrected chi connectivity index (χ0v) is 15.1. The van der Waals surface area contributed by atoms with Gasteiger partial charge in [0.15, 0.2) is 0 Å². The number of piperidine rings is 1. The van der Waals surface area contributed by atoms with Gasteiger partial charge in [0.25, 0.3) is 5.91 Å². The van der Waals surface area contributed by atoms with Crippen molar-refractivity contribution in [1.29, 1.82) is 0 Å². The highest BCUT2D eigenvalue weighted by atomic mass is 19.1. The third kappa shape index (κ3) is 2.92. The molecular formula is C22H21FN2O2. The standard InChI is InChI=1S/C22H21FN2O2/c23-16-5-7-19-18(11-16)20(22(26)24-19)21-17-6-4-14(10-15(17)13-27-21)12-25-8-2-1-3-9-25/h4-7,10-11H,1-3,8-9,12-13H2,(H,24,26)/b21-20+. The fourth-order valence-electron chi connectivity index (χ4n) is 4.26. The fraction of sp³-hybridized carbons (Fsp3) is 0.318. The molecule has 0 aliphatic carbocycles. The largest absolute Gasteiger partial charge is 0.487 e. The van der Waals surface area contributed by atoms with Crippen molar-refractivity contribution in [3.63, 3.8) is 0 Å². The Morgan fingerprint density at radius 2 is 1.89 bits per heavy atom. The van der Waals surface area contributed by atoms with Gasteiger partial charge in [0.2, 0.25) is 0 Å². The van der Waals surface area contributed by atoms with Gasteiger partial charge in [-0.1, -0.05) is 24.6 Å². The van der Waals surface area contributed by atoms with Gasteiger partial charge in [-0.3, -0.25) is 9.69 Å². The fourth-order valence-corrected chi connectivity index (χ4v) is 4.26. The van der Waals surface area contributed by atoms with Crippen LogP contribution in [0.2, 0.25) is 0 Å². The van der Waals surface area contributed by atoms with Gasteiger partial charge >= 0.3 is 0 Å². The number of carbonyl (C=O) groups excluding carboxylic acids is 1. The summed E-state index contributed by atoms with van der Waals surface area (Å²) < 4.78 is 19.6. The molecule has 0 saturated carbocycles. The number of hydrogen-bond acceptors (Lipinski definition) is 3. The van der Waals surface area contributed by atoms with Crippen LogP contribution in [0.4, 0.5) is 10.1 Å². The Bertz CT molecular complexity index is 961. The van der Waals surface area contributed by atoms with E-state index in [9.17, 15) is 9.18 Å². The first-order valence-corrected chi connectivity index (χ1v) is 9.52. The highest BCUT2D eigenvalue weighted by Gasteiger charge is 2.32. The summed E-state index contributed by atoms with van der Waals surface area (Å²) in [6.45, 7) is 3.71. The molecule has 1 fully saturated rings. The molecule has 1 amide bonds. The van der Waals surface area contributed by atoms with Crippen molar-refractivity contribution < 1.29 is 13.9 Å². The van der Waals surface area contributed by atoms with E-state index in [0.717, 1.165) is 30.8 Å². The Kier molecular flexibility index (Phi) is 3.97. The number of likely N-dealkylation sites (tertiary alicyclic amines) is 1. The summed E-state index contributed by atoms with van der Waals surface area (Å²) >= 11 is 0. The summed E-state index contributed by atoms with van der Waals surface area (Å²) in [4.78, 5) is 15.0. The molecule has 1 N–H and O–H groups in total. The van der Waals surface area contributed by atoms with E-state index in [-0.39, 0.29) is 11.7 Å². The molecule has 0 aromatic heterocycles. The number of amides is 1. The second-order valence-electron chi connectivity index (χ2n) is 7.47. The average molecular weight is 364 g/mol. The lowest BCUT2D eigenvalue weighted by molar-refractivity contribution is -0.110. The maximum Gasteiger partial charge on any atom is 0.260 e. The Hall–Kier alpha value is -2.66. The van der Waals surface area contributed by atoms with Crippen LogP contribution in [-0.4, -0.2) is 23.9 Å². The van der Waals surface area contributed by atoms with Crippen molar-refractivity contribution in [3.8, 4) is 0 Å². The maximum atomic E-state index is 13.7. The molecule has 1 saturated heterocycles. The van der Waals surface area contributed by atoms with Gasteiger partial charge in [-0.25, -0.2) is 4.39 Å². The van der Waals surface area contributed by atoms with Crippen molar-refractivity contribution in [2.75, 3.05) is 18.4 Å². The van der Waals surface area contributed by atoms with Crippen molar-refractivity contribution >= 4 is 22.9 Å². The first kappa shape index (κ1) is 16.5. The number of hydrogen-bond donors (Lipinski definition) is 1. The van der Waals surface area contributed by atoms with E-state index < -0.39 is 0 Å². The number of carbonyl (C=O) groups is 1. The van der Waals surface area contributed by atoms with Crippen LogP contribution < -0.4 is 5.32 Å². The molecule has 27 heavy (non-hydrogen) atoms. The predicted molar refractivity (Wildman–Crippen MR) is 102 cm³/mol. The second-order valence-corrected chi connectivity index (χ2v) is 7.47. The predicted octanol–water partition coefficient (Wildman–Crippen LogP) is 4.16. The zero-order valence-electron chi connectivity index (χ0n) is 15.1. The van der Waals surface area contributed by atoms with Crippen LogP contribution >= 0.6 is 0 Å². The van der Waals surface area contributed by atoms with Gasteiger partial charge in [0.05, 0.1) is 5.57 Å². The van der Waals surface area contributed by atoms with Crippen molar-refractivity contribution in [3.05, 3.63) is 64.5 Å². The van der Waals surface area contributed by atoms with E-state index in [4.69, 9.17) is 4.74 Å². The van der Waals surface area contributed by atoms with Gasteiger partial charge in [-0.2, -0.15) is 0 Å². The molecule has 0 bridgehead atoms. The summed E-state index contributed by atoms with van der Waals surface area (Å²) in [6.07, 6.45) is 3.88. The molecule has 3 aliphatic rings. The molecule has 0 radical (unpaired) electrons. The van der Waals surface area contributed by atoms with Gasteiger partial charge in [0, 0.05) is 28.9 Å². The minimum atomic E-state index is -0.363. The lowest BCUT2D eigenvalue weighted by atomic mass is 9.98. The Morgan fingerprint density at radius 1 is 1.04 bits per heavy atom. The minimum Gasteiger partial charge on any atom is -0.487 e. The Morgan fingerprint density at radius 3 is 2.74 bits per heavy atom. The van der Waals surface area contributed by atoms with Crippen LogP contribution in [-0.2, 0) is 22.7 Å². The van der Waals surface area contributed by atoms with Crippen LogP contribution in [0, 0.1) is 5.82 Å². The first-order chi connectivity index (χ1) is 13.2. The van der Waals surface area contributed by atoms with E-state index >= 15 is 0 Å². The summed E-state index contributed by atoms with van der Waals surface area (Å²) in [5.41, 5.74) is 4.91. The lowest BCUT2D eigenvalue weighted by Crippen LogP contribution is -2.29. The van der Waals surface area contributed by atoms with Crippen LogP contribution in [0.5, 0.6) is 0 Å². The van der Waals surface area contributed by atoms with E-state index in [0.29, 0.717) is 29.2 Å². The molecule has 5 rings (SSSR count). The molecule has 0 unspecified atom stereocenters. The quantitative estimate of drug-likeness (QED) is 0.814. The molecule has 2 aromatic rings. The third-order valence-electron chi connectivity index (χ3n) is 5.59. The number of ether oxygens (including phenoxy) is 1. The van der Waals surface area contributed by atoms with Crippen LogP contribution in [0.25, 0.3) is 11.3 Å². The van der Waals surface area contributed by atoms with Gasteiger partial charge < -0.3 is 10.1 Å². The molecule has 5 heteroatoms. The van der Waals surface area contributed by atoms with Gasteiger partial charge in [0.1, 0.15) is 18.2 Å². The number of nitrogens with one attached hydrogen (secondary N) is 1. The van der Waals surface area contributed by atoms with E-state index in [1.165, 1.54) is 37.0 Å². The molecule has 2 aromatic carbocycles. The Balaban J connectivity index is 1.49. The van der Waals surface area contributed by atoms with Crippen LogP contribution in [0.1, 0.15) is 41.5 Å².